The molecule has 0 bridgehead atoms. The third-order valence-corrected chi connectivity index (χ3v) is 3.57. The van der Waals surface area contributed by atoms with Gasteiger partial charge >= 0.3 is 5.69 Å². The van der Waals surface area contributed by atoms with Gasteiger partial charge in [0.05, 0.1) is 5.02 Å². The third-order valence-electron chi connectivity index (χ3n) is 2.75. The maximum absolute atomic E-state index is 11.7. The summed E-state index contributed by atoms with van der Waals surface area (Å²) < 4.78 is 6.14. The second kappa shape index (κ2) is 5.35. The Bertz CT molecular complexity index is 539. The monoisotopic (exact) mass is 355 g/mol. The van der Waals surface area contributed by atoms with Crippen LogP contribution in [-0.2, 0) is 4.74 Å². The molecule has 0 amide bonds. The summed E-state index contributed by atoms with van der Waals surface area (Å²) in [5, 5.41) is 27.7. The van der Waals surface area contributed by atoms with E-state index in [4.69, 9.17) is 22.1 Å². The van der Waals surface area contributed by atoms with Gasteiger partial charge in [-0.3, -0.25) is 4.57 Å². The van der Waals surface area contributed by atoms with Crippen molar-refractivity contribution in [3.05, 3.63) is 21.7 Å². The number of nitrogens with two attached hydrogens (primary N) is 1. The maximum Gasteiger partial charge on any atom is 0.351 e. The summed E-state index contributed by atoms with van der Waals surface area (Å²) in [6, 6.07) is 0. The molecule has 5 N–H and O–H groups in total. The number of anilines is 1. The number of hydrogen-bond donors (Lipinski definition) is 4. The molecule has 0 aromatic carbocycles. The minimum atomic E-state index is -1.42. The van der Waals surface area contributed by atoms with Crippen LogP contribution in [0, 0.1) is 0 Å². The van der Waals surface area contributed by atoms with E-state index in [1.165, 1.54) is 0 Å². The number of aromatic nitrogens is 2. The van der Waals surface area contributed by atoms with Gasteiger partial charge < -0.3 is 25.8 Å². The number of aliphatic hydroxyl groups excluding tert-OH is 3. The van der Waals surface area contributed by atoms with E-state index < -0.39 is 35.2 Å². The molecule has 1 unspecified atom stereocenters. The highest BCUT2D eigenvalue weighted by Gasteiger charge is 2.46. The Kier molecular flexibility index (Phi) is 4.14. The Hall–Kier alpha value is -0.710. The predicted octanol–water partition coefficient (Wildman–Crippen LogP) is -1.19. The summed E-state index contributed by atoms with van der Waals surface area (Å²) in [5.41, 5.74) is 4.58. The SMILES string of the molecule is Nc1nc(=O)n([C@@H]2O[C@H](C(O)Br)[C@@H](O)[C@H]2O)cc1Cl. The number of hydrogen-bond acceptors (Lipinski definition) is 7. The largest absolute Gasteiger partial charge is 0.387 e. The van der Waals surface area contributed by atoms with E-state index in [-0.39, 0.29) is 10.8 Å². The van der Waals surface area contributed by atoms with Gasteiger partial charge in [-0.05, 0) is 0 Å². The van der Waals surface area contributed by atoms with E-state index in [2.05, 4.69) is 20.9 Å². The van der Waals surface area contributed by atoms with Crippen molar-refractivity contribution in [1.82, 2.24) is 9.55 Å². The third kappa shape index (κ3) is 2.62. The first-order valence-electron chi connectivity index (χ1n) is 5.21. The summed E-state index contributed by atoms with van der Waals surface area (Å²) in [6.45, 7) is 0. The maximum atomic E-state index is 11.7. The lowest BCUT2D eigenvalue weighted by Crippen LogP contribution is -2.37. The van der Waals surface area contributed by atoms with Crippen LogP contribution < -0.4 is 11.4 Å². The lowest BCUT2D eigenvalue weighted by Gasteiger charge is -2.17. The molecule has 1 fully saturated rings. The van der Waals surface area contributed by atoms with Crippen molar-refractivity contribution in [2.75, 3.05) is 5.73 Å². The van der Waals surface area contributed by atoms with Gasteiger partial charge in [0, 0.05) is 6.20 Å². The van der Waals surface area contributed by atoms with Crippen LogP contribution in [0.1, 0.15) is 6.23 Å². The highest BCUT2D eigenvalue weighted by molar-refractivity contribution is 9.09. The number of nitrogens with zero attached hydrogens (tertiary/aromatic N) is 2. The Balaban J connectivity index is 2.38. The van der Waals surface area contributed by atoms with Crippen molar-refractivity contribution < 1.29 is 20.1 Å². The van der Waals surface area contributed by atoms with Crippen LogP contribution in [0.2, 0.25) is 5.02 Å². The van der Waals surface area contributed by atoms with Crippen molar-refractivity contribution in [2.45, 2.75) is 29.6 Å². The van der Waals surface area contributed by atoms with Crippen LogP contribution in [0.4, 0.5) is 5.82 Å². The number of ether oxygens (including phenoxy) is 1. The molecule has 1 aromatic heterocycles. The van der Waals surface area contributed by atoms with E-state index >= 15 is 0 Å². The van der Waals surface area contributed by atoms with Gasteiger partial charge in [-0.2, -0.15) is 4.98 Å². The zero-order chi connectivity index (χ0) is 14.3. The molecule has 1 aliphatic rings. The predicted molar refractivity (Wildman–Crippen MR) is 68.8 cm³/mol. The first-order valence-corrected chi connectivity index (χ1v) is 6.50. The minimum absolute atomic E-state index is 0.00716. The Morgan fingerprint density at radius 2 is 2.16 bits per heavy atom. The van der Waals surface area contributed by atoms with E-state index in [0.29, 0.717) is 0 Å². The minimum Gasteiger partial charge on any atom is -0.387 e. The number of halogens is 2. The summed E-state index contributed by atoms with van der Waals surface area (Å²) in [7, 11) is 0. The number of nitrogen functional groups attached to an aromatic ring is 1. The molecular weight excluding hydrogens is 345 g/mol. The molecule has 0 radical (unpaired) electrons. The fourth-order valence-corrected chi connectivity index (χ4v) is 2.37. The fraction of sp³-hybridized carbons (Fsp3) is 0.556. The molecule has 5 atom stereocenters. The molecule has 1 aromatic rings. The van der Waals surface area contributed by atoms with Crippen LogP contribution in [0.3, 0.4) is 0 Å². The van der Waals surface area contributed by atoms with Crippen molar-refractivity contribution in [2.24, 2.45) is 0 Å². The molecular formula is C9H11BrClN3O5. The van der Waals surface area contributed by atoms with Crippen molar-refractivity contribution >= 4 is 33.3 Å². The van der Waals surface area contributed by atoms with E-state index in [9.17, 15) is 20.1 Å². The molecule has 1 saturated heterocycles. The van der Waals surface area contributed by atoms with E-state index in [1.807, 2.05) is 0 Å². The van der Waals surface area contributed by atoms with Crippen molar-refractivity contribution in [1.29, 1.82) is 0 Å². The van der Waals surface area contributed by atoms with Crippen LogP contribution in [0.5, 0.6) is 0 Å². The lowest BCUT2D eigenvalue weighted by atomic mass is 10.1. The number of alkyl halides is 1. The van der Waals surface area contributed by atoms with Crippen LogP contribution in [0.15, 0.2) is 11.0 Å². The second-order valence-corrected chi connectivity index (χ2v) is 5.35. The quantitative estimate of drug-likeness (QED) is 0.490. The smallest absolute Gasteiger partial charge is 0.351 e. The van der Waals surface area contributed by atoms with Gasteiger partial charge in [0.2, 0.25) is 0 Å². The normalized spacial score (nSPS) is 32.5. The molecule has 2 rings (SSSR count). The average molecular weight is 357 g/mol. The molecule has 106 valence electrons. The average Bonchev–Trinajstić information content (AvgIpc) is 2.62. The molecule has 0 aliphatic carbocycles. The van der Waals surface area contributed by atoms with Gasteiger partial charge in [-0.1, -0.05) is 27.5 Å². The van der Waals surface area contributed by atoms with Crippen LogP contribution in [0.25, 0.3) is 0 Å². The topological polar surface area (TPSA) is 131 Å². The molecule has 8 nitrogen and oxygen atoms in total. The van der Waals surface area contributed by atoms with E-state index in [0.717, 1.165) is 10.8 Å². The van der Waals surface area contributed by atoms with Gasteiger partial charge in [-0.25, -0.2) is 4.79 Å². The standard InChI is InChI=1S/C9H11BrClN3O5/c10-6(17)5-3(15)4(16)8(19-5)14-1-2(11)7(12)13-9(14)18/h1,3-6,8,15-17H,(H2,12,13,18)/t3-,4+,5-,6?,8+/m0/s1. The van der Waals surface area contributed by atoms with Gasteiger partial charge in [0.25, 0.3) is 0 Å². The number of aliphatic hydroxyl groups is 3. The Labute approximate surface area is 120 Å². The van der Waals surface area contributed by atoms with Gasteiger partial charge in [0.1, 0.15) is 29.1 Å². The highest BCUT2D eigenvalue weighted by Crippen LogP contribution is 2.32. The molecule has 1 aliphatic heterocycles. The molecule has 2 heterocycles. The van der Waals surface area contributed by atoms with Crippen LogP contribution >= 0.6 is 27.5 Å². The van der Waals surface area contributed by atoms with Gasteiger partial charge in [0.15, 0.2) is 6.23 Å². The van der Waals surface area contributed by atoms with E-state index in [1.54, 1.807) is 0 Å². The molecule has 19 heavy (non-hydrogen) atoms. The second-order valence-electron chi connectivity index (χ2n) is 4.01. The summed E-state index contributed by atoms with van der Waals surface area (Å²) in [5.74, 6) is -0.145. The van der Waals surface area contributed by atoms with Crippen molar-refractivity contribution in [3.63, 3.8) is 0 Å². The first-order chi connectivity index (χ1) is 8.82. The molecule has 0 saturated carbocycles. The molecule has 0 spiro atoms. The van der Waals surface area contributed by atoms with Crippen molar-refractivity contribution in [3.8, 4) is 0 Å². The molecule has 10 heteroatoms. The number of rotatable bonds is 2. The first kappa shape index (κ1) is 14.7. The zero-order valence-corrected chi connectivity index (χ0v) is 11.7. The lowest BCUT2D eigenvalue weighted by molar-refractivity contribution is -0.0613. The Morgan fingerprint density at radius 3 is 2.68 bits per heavy atom. The van der Waals surface area contributed by atoms with Crippen LogP contribution in [-0.4, -0.2) is 48.2 Å². The fourth-order valence-electron chi connectivity index (χ4n) is 1.78. The highest BCUT2D eigenvalue weighted by atomic mass is 79.9. The Morgan fingerprint density at radius 1 is 1.53 bits per heavy atom. The summed E-state index contributed by atoms with van der Waals surface area (Å²) >= 11 is 8.57. The zero-order valence-electron chi connectivity index (χ0n) is 9.35. The summed E-state index contributed by atoms with van der Waals surface area (Å²) in [6.07, 6.45) is -3.96. The van der Waals surface area contributed by atoms with Gasteiger partial charge in [-0.15, -0.1) is 0 Å². The summed E-state index contributed by atoms with van der Waals surface area (Å²) in [4.78, 5) is 15.1.